The van der Waals surface area contributed by atoms with Crippen LogP contribution in [0, 0.1) is 0 Å². The van der Waals surface area contributed by atoms with Gasteiger partial charge in [0.2, 0.25) is 0 Å². The van der Waals surface area contributed by atoms with Crippen molar-refractivity contribution in [1.29, 1.82) is 0 Å². The zero-order valence-electron chi connectivity index (χ0n) is 13.5. The third kappa shape index (κ3) is 3.63. The van der Waals surface area contributed by atoms with Crippen molar-refractivity contribution >= 4 is 0 Å². The molecule has 2 heterocycles. The summed E-state index contributed by atoms with van der Waals surface area (Å²) in [6, 6.07) is 22.1. The van der Waals surface area contributed by atoms with Gasteiger partial charge in [-0.05, 0) is 11.1 Å². The number of ether oxygens (including phenoxy) is 1. The van der Waals surface area contributed by atoms with Crippen LogP contribution in [0.2, 0.25) is 0 Å². The monoisotopic (exact) mass is 308 g/mol. The number of hydrogen-bond acceptors (Lipinski definition) is 3. The molecular formula is C20H24N2O. The fraction of sp³-hybridized carbons (Fsp3) is 0.400. The Hall–Kier alpha value is -1.68. The maximum absolute atomic E-state index is 5.37. The van der Waals surface area contributed by atoms with E-state index in [1.807, 2.05) is 0 Å². The highest BCUT2D eigenvalue weighted by Crippen LogP contribution is 2.29. The van der Waals surface area contributed by atoms with Crippen molar-refractivity contribution in [2.24, 2.45) is 0 Å². The molecule has 3 heteroatoms. The van der Waals surface area contributed by atoms with Crippen LogP contribution in [0.15, 0.2) is 60.7 Å². The summed E-state index contributed by atoms with van der Waals surface area (Å²) >= 11 is 0. The average Bonchev–Trinajstić information content (AvgIpc) is 3.43. The van der Waals surface area contributed by atoms with Gasteiger partial charge in [-0.1, -0.05) is 60.7 Å². The molecule has 0 amide bonds. The van der Waals surface area contributed by atoms with Crippen molar-refractivity contribution in [1.82, 2.24) is 9.80 Å². The van der Waals surface area contributed by atoms with Gasteiger partial charge < -0.3 is 4.74 Å². The number of hydrogen-bond donors (Lipinski definition) is 0. The highest BCUT2D eigenvalue weighted by molar-refractivity contribution is 5.31. The molecule has 3 nitrogen and oxygen atoms in total. The Bertz CT molecular complexity index is 565. The lowest BCUT2D eigenvalue weighted by molar-refractivity contribution is 0.104. The van der Waals surface area contributed by atoms with E-state index in [2.05, 4.69) is 70.5 Å². The van der Waals surface area contributed by atoms with Gasteiger partial charge in [0.25, 0.3) is 0 Å². The second kappa shape index (κ2) is 6.83. The Kier molecular flexibility index (Phi) is 4.42. The number of epoxide rings is 1. The van der Waals surface area contributed by atoms with E-state index in [1.54, 1.807) is 0 Å². The SMILES string of the molecule is c1ccc(C(c2ccccc2)N2CCN(CC3CO3)CC2)cc1. The first-order valence-electron chi connectivity index (χ1n) is 8.58. The van der Waals surface area contributed by atoms with Crippen molar-refractivity contribution in [2.45, 2.75) is 12.1 Å². The van der Waals surface area contributed by atoms with Gasteiger partial charge in [-0.25, -0.2) is 0 Å². The van der Waals surface area contributed by atoms with E-state index in [1.165, 1.54) is 11.1 Å². The van der Waals surface area contributed by atoms with Gasteiger partial charge >= 0.3 is 0 Å². The van der Waals surface area contributed by atoms with E-state index in [-0.39, 0.29) is 0 Å². The Balaban J connectivity index is 1.52. The zero-order chi connectivity index (χ0) is 15.5. The Morgan fingerprint density at radius 3 is 1.83 bits per heavy atom. The predicted molar refractivity (Wildman–Crippen MR) is 92.5 cm³/mol. The van der Waals surface area contributed by atoms with Crippen LogP contribution < -0.4 is 0 Å². The molecule has 2 fully saturated rings. The number of piperazine rings is 1. The third-order valence-corrected chi connectivity index (χ3v) is 4.87. The van der Waals surface area contributed by atoms with Crippen LogP contribution in [0.4, 0.5) is 0 Å². The largest absolute Gasteiger partial charge is 0.372 e. The Labute approximate surface area is 138 Å². The lowest BCUT2D eigenvalue weighted by Crippen LogP contribution is -2.48. The van der Waals surface area contributed by atoms with Gasteiger partial charge in [0.1, 0.15) is 0 Å². The fourth-order valence-corrected chi connectivity index (χ4v) is 3.55. The van der Waals surface area contributed by atoms with Crippen LogP contribution in [-0.4, -0.2) is 55.2 Å². The quantitative estimate of drug-likeness (QED) is 0.792. The average molecular weight is 308 g/mol. The Morgan fingerprint density at radius 2 is 1.35 bits per heavy atom. The molecule has 0 saturated carbocycles. The van der Waals surface area contributed by atoms with Crippen molar-refractivity contribution in [2.75, 3.05) is 39.3 Å². The standard InChI is InChI=1S/C20H24N2O/c1-3-7-17(8-4-1)20(18-9-5-2-6-10-18)22-13-11-21(12-14-22)15-19-16-23-19/h1-10,19-20H,11-16H2. The second-order valence-electron chi connectivity index (χ2n) is 6.52. The molecule has 2 saturated heterocycles. The summed E-state index contributed by atoms with van der Waals surface area (Å²) in [5, 5.41) is 0. The molecule has 2 aliphatic heterocycles. The van der Waals surface area contributed by atoms with Crippen molar-refractivity contribution < 1.29 is 4.74 Å². The summed E-state index contributed by atoms with van der Waals surface area (Å²) < 4.78 is 5.37. The minimum Gasteiger partial charge on any atom is -0.372 e. The molecule has 2 aliphatic rings. The van der Waals surface area contributed by atoms with Crippen LogP contribution >= 0.6 is 0 Å². The minimum absolute atomic E-state index is 0.358. The van der Waals surface area contributed by atoms with Gasteiger partial charge in [0.05, 0.1) is 18.8 Å². The molecule has 2 aromatic rings. The highest BCUT2D eigenvalue weighted by atomic mass is 16.6. The topological polar surface area (TPSA) is 19.0 Å². The lowest BCUT2D eigenvalue weighted by atomic mass is 9.96. The van der Waals surface area contributed by atoms with Gasteiger partial charge in [0, 0.05) is 32.7 Å². The lowest BCUT2D eigenvalue weighted by Gasteiger charge is -2.39. The van der Waals surface area contributed by atoms with E-state index in [9.17, 15) is 0 Å². The molecule has 0 aliphatic carbocycles. The summed E-state index contributed by atoms with van der Waals surface area (Å²) in [5.41, 5.74) is 2.77. The minimum atomic E-state index is 0.358. The van der Waals surface area contributed by atoms with E-state index < -0.39 is 0 Å². The van der Waals surface area contributed by atoms with Crippen LogP contribution in [0.5, 0.6) is 0 Å². The molecule has 0 N–H and O–H groups in total. The molecule has 2 aromatic carbocycles. The first-order chi connectivity index (χ1) is 11.4. The molecule has 4 rings (SSSR count). The smallest absolute Gasteiger partial charge is 0.0936 e. The summed E-state index contributed by atoms with van der Waals surface area (Å²) in [4.78, 5) is 5.16. The Morgan fingerprint density at radius 1 is 0.826 bits per heavy atom. The normalized spacial score (nSPS) is 22.4. The summed E-state index contributed by atoms with van der Waals surface area (Å²) in [6.45, 7) is 6.56. The molecule has 1 unspecified atom stereocenters. The summed E-state index contributed by atoms with van der Waals surface area (Å²) in [6.07, 6.45) is 0.501. The van der Waals surface area contributed by atoms with Crippen LogP contribution in [0.3, 0.4) is 0 Å². The number of nitrogens with zero attached hydrogens (tertiary/aromatic N) is 2. The fourth-order valence-electron chi connectivity index (χ4n) is 3.55. The molecule has 0 spiro atoms. The first kappa shape index (κ1) is 14.9. The van der Waals surface area contributed by atoms with Gasteiger partial charge in [-0.3, -0.25) is 9.80 Å². The maximum Gasteiger partial charge on any atom is 0.0936 e. The van der Waals surface area contributed by atoms with Gasteiger partial charge in [0.15, 0.2) is 0 Å². The van der Waals surface area contributed by atoms with E-state index in [0.29, 0.717) is 12.1 Å². The molecule has 120 valence electrons. The van der Waals surface area contributed by atoms with Crippen molar-refractivity contribution in [3.8, 4) is 0 Å². The highest BCUT2D eigenvalue weighted by Gasteiger charge is 2.30. The predicted octanol–water partition coefficient (Wildman–Crippen LogP) is 2.79. The van der Waals surface area contributed by atoms with Gasteiger partial charge in [-0.2, -0.15) is 0 Å². The van der Waals surface area contributed by atoms with Gasteiger partial charge in [-0.15, -0.1) is 0 Å². The zero-order valence-corrected chi connectivity index (χ0v) is 13.5. The molecule has 23 heavy (non-hydrogen) atoms. The second-order valence-corrected chi connectivity index (χ2v) is 6.52. The van der Waals surface area contributed by atoms with E-state index in [4.69, 9.17) is 4.74 Å². The third-order valence-electron chi connectivity index (χ3n) is 4.87. The van der Waals surface area contributed by atoms with Crippen LogP contribution in [-0.2, 0) is 4.74 Å². The maximum atomic E-state index is 5.37. The summed E-state index contributed by atoms with van der Waals surface area (Å²) in [5.74, 6) is 0. The van der Waals surface area contributed by atoms with Crippen LogP contribution in [0.25, 0.3) is 0 Å². The van der Waals surface area contributed by atoms with Crippen molar-refractivity contribution in [3.05, 3.63) is 71.8 Å². The number of benzene rings is 2. The van der Waals surface area contributed by atoms with Crippen LogP contribution in [0.1, 0.15) is 17.2 Å². The summed E-state index contributed by atoms with van der Waals surface area (Å²) in [7, 11) is 0. The first-order valence-corrected chi connectivity index (χ1v) is 8.58. The molecule has 0 aromatic heterocycles. The van der Waals surface area contributed by atoms with Crippen molar-refractivity contribution in [3.63, 3.8) is 0 Å². The molecule has 0 bridgehead atoms. The molecule has 1 atom stereocenters. The molecular weight excluding hydrogens is 284 g/mol. The van der Waals surface area contributed by atoms with E-state index in [0.717, 1.165) is 39.3 Å². The number of rotatable bonds is 5. The molecule has 0 radical (unpaired) electrons. The van der Waals surface area contributed by atoms with E-state index >= 15 is 0 Å².